The molecule has 3 aromatic rings. The Labute approximate surface area is 163 Å². The van der Waals surface area contributed by atoms with Crippen LogP contribution in [0.5, 0.6) is 0 Å². The Balaban J connectivity index is 2.15. The second-order valence-corrected chi connectivity index (χ2v) is 7.39. The van der Waals surface area contributed by atoms with E-state index in [9.17, 15) is 14.4 Å². The van der Waals surface area contributed by atoms with Gasteiger partial charge < -0.3 is 5.73 Å². The Morgan fingerprint density at radius 1 is 1.22 bits per heavy atom. The number of hydrogen-bond donors (Lipinski definition) is 2. The van der Waals surface area contributed by atoms with Crippen molar-refractivity contribution in [1.29, 1.82) is 0 Å². The molecule has 138 valence electrons. The molecule has 1 atom stereocenters. The molecular formula is C18H15ClN4O3S. The molecule has 0 aliphatic rings. The number of benzene rings is 2. The zero-order valence-corrected chi connectivity index (χ0v) is 15.8. The highest BCUT2D eigenvalue weighted by Gasteiger charge is 2.21. The quantitative estimate of drug-likeness (QED) is 0.515. The van der Waals surface area contributed by atoms with E-state index < -0.39 is 17.2 Å². The van der Waals surface area contributed by atoms with Crippen molar-refractivity contribution in [3.63, 3.8) is 0 Å². The minimum absolute atomic E-state index is 0.284. The van der Waals surface area contributed by atoms with Crippen LogP contribution in [0.3, 0.4) is 0 Å². The van der Waals surface area contributed by atoms with Gasteiger partial charge in [-0.1, -0.05) is 41.6 Å². The predicted octanol–water partition coefficient (Wildman–Crippen LogP) is 2.71. The molecule has 9 heteroatoms. The molecule has 3 rings (SSSR count). The van der Waals surface area contributed by atoms with Gasteiger partial charge in [0.25, 0.3) is 5.56 Å². The van der Waals surface area contributed by atoms with E-state index in [2.05, 4.69) is 4.98 Å². The highest BCUT2D eigenvalue weighted by Crippen LogP contribution is 2.26. The van der Waals surface area contributed by atoms with Crippen molar-refractivity contribution in [2.45, 2.75) is 17.3 Å². The first-order chi connectivity index (χ1) is 12.9. The van der Waals surface area contributed by atoms with Crippen LogP contribution in [0.1, 0.15) is 6.92 Å². The number of imide groups is 1. The van der Waals surface area contributed by atoms with Crippen LogP contribution in [0, 0.1) is 0 Å². The highest BCUT2D eigenvalue weighted by atomic mass is 35.5. The van der Waals surface area contributed by atoms with Crippen LogP contribution in [0.2, 0.25) is 5.02 Å². The number of carbonyl (C=O) groups is 2. The van der Waals surface area contributed by atoms with E-state index in [1.165, 1.54) is 4.57 Å². The first-order valence-electron chi connectivity index (χ1n) is 7.91. The number of primary amides is 1. The number of nitrogens with zero attached hydrogens (tertiary/aromatic N) is 2. The first kappa shape index (κ1) is 18.9. The summed E-state index contributed by atoms with van der Waals surface area (Å²) in [6.07, 6.45) is 0. The van der Waals surface area contributed by atoms with Gasteiger partial charge in [-0.25, -0.2) is 9.78 Å². The fourth-order valence-electron chi connectivity index (χ4n) is 2.47. The summed E-state index contributed by atoms with van der Waals surface area (Å²) in [6.45, 7) is 1.59. The Hall–Kier alpha value is -2.84. The molecule has 0 aliphatic heterocycles. The highest BCUT2D eigenvalue weighted by molar-refractivity contribution is 8.00. The lowest BCUT2D eigenvalue weighted by molar-refractivity contribution is -0.119. The minimum atomic E-state index is -0.939. The second kappa shape index (κ2) is 7.81. The predicted molar refractivity (Wildman–Crippen MR) is 105 cm³/mol. The van der Waals surface area contributed by atoms with E-state index in [1.54, 1.807) is 55.5 Å². The van der Waals surface area contributed by atoms with Crippen molar-refractivity contribution < 1.29 is 9.59 Å². The number of halogens is 1. The van der Waals surface area contributed by atoms with Crippen LogP contribution in [-0.2, 0) is 4.79 Å². The number of nitrogens with one attached hydrogen (secondary N) is 1. The number of fused-ring (bicyclic) bond motifs is 1. The van der Waals surface area contributed by atoms with E-state index in [0.29, 0.717) is 26.8 Å². The molecule has 0 spiro atoms. The lowest BCUT2D eigenvalue weighted by Gasteiger charge is -2.16. The van der Waals surface area contributed by atoms with Crippen molar-refractivity contribution >= 4 is 46.2 Å². The number of para-hydroxylation sites is 1. The van der Waals surface area contributed by atoms with Crippen molar-refractivity contribution in [1.82, 2.24) is 14.9 Å². The molecule has 27 heavy (non-hydrogen) atoms. The Morgan fingerprint density at radius 3 is 2.67 bits per heavy atom. The van der Waals surface area contributed by atoms with Gasteiger partial charge in [-0.15, -0.1) is 0 Å². The maximum absolute atomic E-state index is 13.1. The van der Waals surface area contributed by atoms with E-state index in [1.807, 2.05) is 5.32 Å². The number of urea groups is 1. The third kappa shape index (κ3) is 4.12. The van der Waals surface area contributed by atoms with Gasteiger partial charge in [0.1, 0.15) is 0 Å². The van der Waals surface area contributed by atoms with Crippen LogP contribution < -0.4 is 16.6 Å². The van der Waals surface area contributed by atoms with Gasteiger partial charge in [0, 0.05) is 5.02 Å². The van der Waals surface area contributed by atoms with Gasteiger partial charge in [0.15, 0.2) is 5.16 Å². The summed E-state index contributed by atoms with van der Waals surface area (Å²) in [5.41, 5.74) is 5.74. The number of hydrogen-bond acceptors (Lipinski definition) is 5. The van der Waals surface area contributed by atoms with Gasteiger partial charge in [-0.3, -0.25) is 19.5 Å². The molecule has 0 saturated heterocycles. The van der Waals surface area contributed by atoms with Crippen molar-refractivity contribution in [2.75, 3.05) is 0 Å². The van der Waals surface area contributed by atoms with Crippen LogP contribution >= 0.6 is 23.4 Å². The summed E-state index contributed by atoms with van der Waals surface area (Å²) < 4.78 is 1.40. The summed E-state index contributed by atoms with van der Waals surface area (Å²) in [7, 11) is 0. The monoisotopic (exact) mass is 402 g/mol. The first-order valence-corrected chi connectivity index (χ1v) is 9.17. The molecule has 0 fully saturated rings. The van der Waals surface area contributed by atoms with Crippen molar-refractivity contribution in [3.05, 3.63) is 63.9 Å². The molecule has 0 aliphatic carbocycles. The number of amides is 3. The Morgan fingerprint density at radius 2 is 1.96 bits per heavy atom. The molecule has 3 amide bonds. The largest absolute Gasteiger partial charge is 0.351 e. The van der Waals surface area contributed by atoms with Gasteiger partial charge in [-0.05, 0) is 37.3 Å². The van der Waals surface area contributed by atoms with Crippen LogP contribution in [0.4, 0.5) is 4.79 Å². The molecule has 1 heterocycles. The molecule has 0 bridgehead atoms. The summed E-state index contributed by atoms with van der Waals surface area (Å²) in [6, 6.07) is 12.8. The molecule has 3 N–H and O–H groups in total. The fraction of sp³-hybridized carbons (Fsp3) is 0.111. The molecule has 0 radical (unpaired) electrons. The zero-order valence-electron chi connectivity index (χ0n) is 14.2. The molecule has 7 nitrogen and oxygen atoms in total. The summed E-state index contributed by atoms with van der Waals surface area (Å²) in [5.74, 6) is -0.576. The van der Waals surface area contributed by atoms with E-state index in [0.717, 1.165) is 11.8 Å². The van der Waals surface area contributed by atoms with E-state index in [4.69, 9.17) is 17.3 Å². The maximum atomic E-state index is 13.1. The molecule has 0 saturated carbocycles. The van der Waals surface area contributed by atoms with Crippen molar-refractivity contribution in [3.8, 4) is 5.69 Å². The standard InChI is InChI=1S/C18H15ClN4O3S/c1-10(15(24)22-17(20)26)27-18-21-14-8-3-2-7-13(14)16(25)23(18)12-6-4-5-11(19)9-12/h2-10H,1H3,(H3,20,22,24,26). The van der Waals surface area contributed by atoms with Gasteiger partial charge in [0.2, 0.25) is 5.91 Å². The number of nitrogens with two attached hydrogens (primary N) is 1. The smallest absolute Gasteiger partial charge is 0.318 e. The lowest BCUT2D eigenvalue weighted by atomic mass is 10.2. The average molecular weight is 403 g/mol. The third-order valence-electron chi connectivity index (χ3n) is 3.71. The molecule has 1 aromatic heterocycles. The van der Waals surface area contributed by atoms with Gasteiger partial charge >= 0.3 is 6.03 Å². The number of carbonyl (C=O) groups excluding carboxylic acids is 2. The summed E-state index contributed by atoms with van der Waals surface area (Å²) >= 11 is 7.11. The van der Waals surface area contributed by atoms with Crippen LogP contribution in [-0.4, -0.2) is 26.7 Å². The third-order valence-corrected chi connectivity index (χ3v) is 5.00. The van der Waals surface area contributed by atoms with E-state index >= 15 is 0 Å². The summed E-state index contributed by atoms with van der Waals surface area (Å²) in [5, 5.41) is 2.51. The molecule has 1 unspecified atom stereocenters. The maximum Gasteiger partial charge on any atom is 0.318 e. The number of aromatic nitrogens is 2. The summed E-state index contributed by atoms with van der Waals surface area (Å²) in [4.78, 5) is 40.6. The normalized spacial score (nSPS) is 11.9. The van der Waals surface area contributed by atoms with Crippen LogP contribution in [0.25, 0.3) is 16.6 Å². The fourth-order valence-corrected chi connectivity index (χ4v) is 3.58. The van der Waals surface area contributed by atoms with E-state index in [-0.39, 0.29) is 5.56 Å². The average Bonchev–Trinajstić information content (AvgIpc) is 2.61. The Kier molecular flexibility index (Phi) is 5.48. The minimum Gasteiger partial charge on any atom is -0.351 e. The topological polar surface area (TPSA) is 107 Å². The van der Waals surface area contributed by atoms with Crippen molar-refractivity contribution in [2.24, 2.45) is 5.73 Å². The zero-order chi connectivity index (χ0) is 19.6. The molecule has 2 aromatic carbocycles. The van der Waals surface area contributed by atoms with Crippen LogP contribution in [0.15, 0.2) is 58.5 Å². The SMILES string of the molecule is CC(Sc1nc2ccccc2c(=O)n1-c1cccc(Cl)c1)C(=O)NC(N)=O. The van der Waals surface area contributed by atoms with Gasteiger partial charge in [0.05, 0.1) is 21.8 Å². The number of thioether (sulfide) groups is 1. The second-order valence-electron chi connectivity index (χ2n) is 5.65. The number of rotatable bonds is 4. The Bertz CT molecular complexity index is 1100. The van der Waals surface area contributed by atoms with Gasteiger partial charge in [-0.2, -0.15) is 0 Å². The molecular weight excluding hydrogens is 388 g/mol. The lowest BCUT2D eigenvalue weighted by Crippen LogP contribution is -2.39.